The van der Waals surface area contributed by atoms with Gasteiger partial charge >= 0.3 is 0 Å². The topological polar surface area (TPSA) is 53.1 Å². The first-order chi connectivity index (χ1) is 13.7. The summed E-state index contributed by atoms with van der Waals surface area (Å²) in [6.07, 6.45) is 6.21. The van der Waals surface area contributed by atoms with Gasteiger partial charge in [-0.25, -0.2) is 0 Å². The zero-order valence-electron chi connectivity index (χ0n) is 15.9. The monoisotopic (exact) mass is 367 g/mol. The van der Waals surface area contributed by atoms with Crippen LogP contribution in [0.5, 0.6) is 0 Å². The summed E-state index contributed by atoms with van der Waals surface area (Å²) < 4.78 is 0. The second kappa shape index (κ2) is 8.13. The maximum Gasteiger partial charge on any atom is 0.0633 e. The van der Waals surface area contributed by atoms with Gasteiger partial charge in [0, 0.05) is 35.6 Å². The smallest absolute Gasteiger partial charge is 0.0633 e. The van der Waals surface area contributed by atoms with Crippen LogP contribution in [-0.4, -0.2) is 18.8 Å². The molecule has 0 bridgehead atoms. The third kappa shape index (κ3) is 3.84. The van der Waals surface area contributed by atoms with Crippen molar-refractivity contribution in [1.82, 2.24) is 0 Å². The molecule has 0 aromatic heterocycles. The van der Waals surface area contributed by atoms with Crippen molar-refractivity contribution in [2.24, 2.45) is 0 Å². The molecular formula is C25H25N3. The fraction of sp³-hybridized carbons (Fsp3) is 0.160. The van der Waals surface area contributed by atoms with E-state index in [9.17, 15) is 0 Å². The molecule has 3 aromatic rings. The number of allylic oxidation sites excluding steroid dienone is 1. The molecule has 1 saturated heterocycles. The fourth-order valence-electron chi connectivity index (χ4n) is 3.74. The minimum absolute atomic E-state index is 0.423. The second-order valence-corrected chi connectivity index (χ2v) is 7.17. The van der Waals surface area contributed by atoms with Crippen LogP contribution in [0.25, 0.3) is 17.2 Å². The zero-order valence-corrected chi connectivity index (χ0v) is 15.9. The molecule has 0 saturated carbocycles. The molecule has 0 radical (unpaired) electrons. The summed E-state index contributed by atoms with van der Waals surface area (Å²) in [5.74, 6) is 0. The van der Waals surface area contributed by atoms with Gasteiger partial charge in [-0.05, 0) is 42.2 Å². The van der Waals surface area contributed by atoms with Crippen LogP contribution in [0.15, 0.2) is 78.9 Å². The Morgan fingerprint density at radius 3 is 2.21 bits per heavy atom. The van der Waals surface area contributed by atoms with E-state index in [0.29, 0.717) is 11.4 Å². The summed E-state index contributed by atoms with van der Waals surface area (Å²) in [5, 5.41) is 8.58. The van der Waals surface area contributed by atoms with E-state index in [-0.39, 0.29) is 0 Å². The van der Waals surface area contributed by atoms with Crippen LogP contribution in [0.1, 0.15) is 24.0 Å². The Morgan fingerprint density at radius 2 is 1.54 bits per heavy atom. The molecule has 140 valence electrons. The Balaban J connectivity index is 1.74. The molecule has 3 nitrogen and oxygen atoms in total. The Hall–Kier alpha value is -3.33. The first kappa shape index (κ1) is 18.1. The molecule has 1 fully saturated rings. The van der Waals surface area contributed by atoms with Gasteiger partial charge in [0.2, 0.25) is 0 Å². The average molecular weight is 367 g/mol. The first-order valence-electron chi connectivity index (χ1n) is 9.78. The third-order valence-corrected chi connectivity index (χ3v) is 5.23. The lowest BCUT2D eigenvalue weighted by atomic mass is 9.96. The highest BCUT2D eigenvalue weighted by Crippen LogP contribution is 2.36. The summed E-state index contributed by atoms with van der Waals surface area (Å²) in [5.41, 5.74) is 12.8. The van der Waals surface area contributed by atoms with Gasteiger partial charge in [0.05, 0.1) is 5.71 Å². The van der Waals surface area contributed by atoms with Crippen molar-refractivity contribution in [2.45, 2.75) is 12.8 Å². The van der Waals surface area contributed by atoms with Crippen LogP contribution in [0.2, 0.25) is 0 Å². The molecule has 0 atom stereocenters. The summed E-state index contributed by atoms with van der Waals surface area (Å²) in [6.45, 7) is 2.12. The highest BCUT2D eigenvalue weighted by Gasteiger charge is 2.19. The summed E-state index contributed by atoms with van der Waals surface area (Å²) >= 11 is 0. The predicted molar refractivity (Wildman–Crippen MR) is 120 cm³/mol. The number of nitrogen functional groups attached to an aromatic ring is 1. The number of nitrogens with two attached hydrogens (primary N) is 1. The van der Waals surface area contributed by atoms with Crippen molar-refractivity contribution in [2.75, 3.05) is 23.7 Å². The van der Waals surface area contributed by atoms with Crippen molar-refractivity contribution in [1.29, 1.82) is 5.41 Å². The Morgan fingerprint density at radius 1 is 0.893 bits per heavy atom. The molecule has 1 aliphatic heterocycles. The summed E-state index contributed by atoms with van der Waals surface area (Å²) in [7, 11) is 0. The van der Waals surface area contributed by atoms with Crippen LogP contribution in [0.4, 0.5) is 11.4 Å². The molecule has 28 heavy (non-hydrogen) atoms. The molecule has 1 heterocycles. The van der Waals surface area contributed by atoms with Crippen molar-refractivity contribution >= 4 is 23.2 Å². The van der Waals surface area contributed by atoms with Gasteiger partial charge in [0.15, 0.2) is 0 Å². The van der Waals surface area contributed by atoms with E-state index in [1.807, 2.05) is 54.6 Å². The van der Waals surface area contributed by atoms with Crippen molar-refractivity contribution < 1.29 is 0 Å². The number of rotatable bonds is 5. The maximum absolute atomic E-state index is 8.58. The van der Waals surface area contributed by atoms with Crippen LogP contribution in [0.3, 0.4) is 0 Å². The van der Waals surface area contributed by atoms with Gasteiger partial charge in [0.25, 0.3) is 0 Å². The number of anilines is 2. The number of hydrogen-bond acceptors (Lipinski definition) is 3. The van der Waals surface area contributed by atoms with E-state index in [1.54, 1.807) is 0 Å². The van der Waals surface area contributed by atoms with E-state index in [1.165, 1.54) is 18.5 Å². The highest BCUT2D eigenvalue weighted by atomic mass is 15.1. The van der Waals surface area contributed by atoms with Crippen LogP contribution in [-0.2, 0) is 0 Å². The molecule has 3 heteroatoms. The molecule has 0 amide bonds. The molecule has 3 N–H and O–H groups in total. The molecule has 4 rings (SSSR count). The Labute approximate surface area is 166 Å². The normalized spacial score (nSPS) is 13.9. The number of benzene rings is 3. The van der Waals surface area contributed by atoms with E-state index in [0.717, 1.165) is 35.3 Å². The predicted octanol–water partition coefficient (Wildman–Crippen LogP) is 5.62. The minimum atomic E-state index is 0.423. The average Bonchev–Trinajstić information content (AvgIpc) is 3.28. The lowest BCUT2D eigenvalue weighted by molar-refractivity contribution is 0.949. The lowest BCUT2D eigenvalue weighted by Crippen LogP contribution is -2.19. The third-order valence-electron chi connectivity index (χ3n) is 5.23. The molecule has 0 aliphatic carbocycles. The van der Waals surface area contributed by atoms with Gasteiger partial charge < -0.3 is 16.0 Å². The number of nitrogens with zero attached hydrogens (tertiary/aromatic N) is 1. The lowest BCUT2D eigenvalue weighted by Gasteiger charge is -2.23. The number of hydrogen-bond donors (Lipinski definition) is 2. The first-order valence-corrected chi connectivity index (χ1v) is 9.78. The fourth-order valence-corrected chi connectivity index (χ4v) is 3.74. The van der Waals surface area contributed by atoms with Crippen molar-refractivity contribution in [3.63, 3.8) is 0 Å². The van der Waals surface area contributed by atoms with E-state index >= 15 is 0 Å². The zero-order chi connectivity index (χ0) is 19.3. The Bertz CT molecular complexity index is 985. The maximum atomic E-state index is 8.58. The summed E-state index contributed by atoms with van der Waals surface area (Å²) in [6, 6.07) is 24.6. The van der Waals surface area contributed by atoms with Gasteiger partial charge in [-0.2, -0.15) is 0 Å². The van der Waals surface area contributed by atoms with Gasteiger partial charge in [0.1, 0.15) is 0 Å². The van der Waals surface area contributed by atoms with E-state index in [4.69, 9.17) is 11.1 Å². The molecule has 0 spiro atoms. The van der Waals surface area contributed by atoms with Crippen LogP contribution < -0.4 is 10.6 Å². The number of nitrogens with one attached hydrogen (secondary N) is 1. The Kier molecular flexibility index (Phi) is 5.24. The van der Waals surface area contributed by atoms with E-state index < -0.39 is 0 Å². The molecular weight excluding hydrogens is 342 g/mol. The molecule has 3 aromatic carbocycles. The van der Waals surface area contributed by atoms with Gasteiger partial charge in [-0.15, -0.1) is 0 Å². The van der Waals surface area contributed by atoms with Crippen LogP contribution in [0, 0.1) is 5.41 Å². The van der Waals surface area contributed by atoms with Crippen LogP contribution >= 0.6 is 0 Å². The highest BCUT2D eigenvalue weighted by molar-refractivity contribution is 6.13. The second-order valence-electron chi connectivity index (χ2n) is 7.17. The largest absolute Gasteiger partial charge is 0.398 e. The molecule has 1 aliphatic rings. The van der Waals surface area contributed by atoms with Crippen molar-refractivity contribution in [3.05, 3.63) is 90.0 Å². The minimum Gasteiger partial charge on any atom is -0.398 e. The van der Waals surface area contributed by atoms with Crippen molar-refractivity contribution in [3.8, 4) is 11.1 Å². The van der Waals surface area contributed by atoms with Gasteiger partial charge in [-0.3, -0.25) is 0 Å². The quantitative estimate of drug-likeness (QED) is 0.454. The standard InChI is InChI=1S/C25H25N3/c26-23(14-13-19-9-3-1-4-10-19)22-17-21(20-11-5-2-6-12-20)25(18-24(22)27)28-15-7-8-16-28/h1-6,9-14,17-18,26H,7-8,15-16,27H2/b14-13+,26-23?. The molecule has 0 unspecified atom stereocenters. The van der Waals surface area contributed by atoms with Gasteiger partial charge in [-0.1, -0.05) is 66.7 Å². The van der Waals surface area contributed by atoms with E-state index in [2.05, 4.69) is 35.2 Å². The summed E-state index contributed by atoms with van der Waals surface area (Å²) in [4.78, 5) is 2.41. The SMILES string of the molecule is N=C(/C=C/c1ccccc1)c1cc(-c2ccccc2)c(N2CCCC2)cc1N.